The zero-order valence-corrected chi connectivity index (χ0v) is 11.9. The number of allylic oxidation sites excluding steroid dienone is 2. The summed E-state index contributed by atoms with van der Waals surface area (Å²) >= 11 is 0. The number of nitrogens with one attached hydrogen (secondary N) is 1. The normalized spacial score (nSPS) is 29.4. The topological polar surface area (TPSA) is 46.2 Å². The van der Waals surface area contributed by atoms with Gasteiger partial charge < -0.3 is 0 Å². The summed E-state index contributed by atoms with van der Waals surface area (Å²) in [6.45, 7) is 0. The van der Waals surface area contributed by atoms with Crippen molar-refractivity contribution in [3.8, 4) is 0 Å². The van der Waals surface area contributed by atoms with Crippen LogP contribution in [0.5, 0.6) is 0 Å². The van der Waals surface area contributed by atoms with Gasteiger partial charge in [-0.05, 0) is 61.8 Å². The molecule has 2 atom stereocenters. The van der Waals surface area contributed by atoms with Gasteiger partial charge in [0.15, 0.2) is 0 Å². The zero-order valence-electron chi connectivity index (χ0n) is 11.1. The first-order valence-corrected chi connectivity index (χ1v) is 8.47. The van der Waals surface area contributed by atoms with Crippen molar-refractivity contribution in [2.24, 2.45) is 11.8 Å². The first-order chi connectivity index (χ1) is 9.56. The molecule has 1 fully saturated rings. The standard InChI is InChI=1S/C15H18FNO2S/c16-13-7-9-14(10-8-13)20(18,19)17-15-11-3-1-2-4-12(15)6-5-11/h1-2,7-12,15,17H,3-6H2. The van der Waals surface area contributed by atoms with E-state index in [2.05, 4.69) is 16.9 Å². The SMILES string of the molecule is O=S(=O)(NC1C2CC=CCC1CC2)c1ccc(F)cc1. The predicted octanol–water partition coefficient (Wildman–Crippen LogP) is 2.85. The molecule has 2 bridgehead atoms. The Morgan fingerprint density at radius 2 is 1.55 bits per heavy atom. The van der Waals surface area contributed by atoms with Crippen molar-refractivity contribution < 1.29 is 12.8 Å². The Labute approximate surface area is 118 Å². The molecule has 1 aromatic carbocycles. The van der Waals surface area contributed by atoms with Crippen molar-refractivity contribution in [3.05, 3.63) is 42.2 Å². The maximum Gasteiger partial charge on any atom is 0.240 e. The van der Waals surface area contributed by atoms with Crippen LogP contribution in [0.1, 0.15) is 25.7 Å². The van der Waals surface area contributed by atoms with Crippen LogP contribution < -0.4 is 4.72 Å². The van der Waals surface area contributed by atoms with Gasteiger partial charge in [0.2, 0.25) is 10.0 Å². The molecule has 0 aromatic heterocycles. The van der Waals surface area contributed by atoms with Gasteiger partial charge in [-0.15, -0.1) is 0 Å². The molecule has 2 aliphatic carbocycles. The third kappa shape index (κ3) is 2.65. The maximum atomic E-state index is 12.9. The van der Waals surface area contributed by atoms with Crippen molar-refractivity contribution in [2.45, 2.75) is 36.6 Å². The molecule has 3 nitrogen and oxygen atoms in total. The van der Waals surface area contributed by atoms with E-state index in [1.807, 2.05) is 0 Å². The van der Waals surface area contributed by atoms with Crippen LogP contribution in [0.4, 0.5) is 4.39 Å². The van der Waals surface area contributed by atoms with Crippen molar-refractivity contribution in [1.29, 1.82) is 0 Å². The fraction of sp³-hybridized carbons (Fsp3) is 0.467. The lowest BCUT2D eigenvalue weighted by molar-refractivity contribution is 0.389. The Balaban J connectivity index is 1.81. The molecular formula is C15H18FNO2S. The van der Waals surface area contributed by atoms with Crippen LogP contribution >= 0.6 is 0 Å². The van der Waals surface area contributed by atoms with Crippen LogP contribution in [0.25, 0.3) is 0 Å². The molecule has 2 unspecified atom stereocenters. The van der Waals surface area contributed by atoms with Crippen LogP contribution in [-0.2, 0) is 10.0 Å². The quantitative estimate of drug-likeness (QED) is 0.872. The first-order valence-electron chi connectivity index (χ1n) is 6.99. The monoisotopic (exact) mass is 295 g/mol. The summed E-state index contributed by atoms with van der Waals surface area (Å²) < 4.78 is 40.5. The van der Waals surface area contributed by atoms with E-state index < -0.39 is 15.8 Å². The number of benzene rings is 1. The minimum absolute atomic E-state index is 0.0000491. The summed E-state index contributed by atoms with van der Waals surface area (Å²) in [6.07, 6.45) is 8.34. The Hall–Kier alpha value is -1.20. The average molecular weight is 295 g/mol. The molecule has 2 aliphatic rings. The highest BCUT2D eigenvalue weighted by molar-refractivity contribution is 7.89. The van der Waals surface area contributed by atoms with Crippen molar-refractivity contribution in [3.63, 3.8) is 0 Å². The number of hydrogen-bond acceptors (Lipinski definition) is 2. The van der Waals surface area contributed by atoms with Crippen LogP contribution in [0.2, 0.25) is 0 Å². The van der Waals surface area contributed by atoms with Crippen LogP contribution in [0.3, 0.4) is 0 Å². The van der Waals surface area contributed by atoms with Gasteiger partial charge in [-0.2, -0.15) is 0 Å². The molecule has 0 saturated heterocycles. The van der Waals surface area contributed by atoms with Gasteiger partial charge in [-0.3, -0.25) is 0 Å². The van der Waals surface area contributed by atoms with E-state index in [4.69, 9.17) is 0 Å². The van der Waals surface area contributed by atoms with Gasteiger partial charge in [0, 0.05) is 6.04 Å². The molecule has 1 aromatic rings. The number of halogens is 1. The summed E-state index contributed by atoms with van der Waals surface area (Å²) in [5, 5.41) is 0. The van der Waals surface area contributed by atoms with Gasteiger partial charge in [0.05, 0.1) is 4.90 Å². The minimum Gasteiger partial charge on any atom is -0.207 e. The molecule has 20 heavy (non-hydrogen) atoms. The maximum absolute atomic E-state index is 12.9. The van der Waals surface area contributed by atoms with Crippen LogP contribution in [0.15, 0.2) is 41.3 Å². The Morgan fingerprint density at radius 1 is 1.00 bits per heavy atom. The lowest BCUT2D eigenvalue weighted by Crippen LogP contribution is -2.40. The van der Waals surface area contributed by atoms with Crippen LogP contribution in [-0.4, -0.2) is 14.5 Å². The summed E-state index contributed by atoms with van der Waals surface area (Å²) in [6, 6.07) is 4.98. The summed E-state index contributed by atoms with van der Waals surface area (Å²) in [7, 11) is -3.56. The van der Waals surface area contributed by atoms with E-state index in [-0.39, 0.29) is 10.9 Å². The molecule has 0 heterocycles. The fourth-order valence-electron chi connectivity index (χ4n) is 3.30. The van der Waals surface area contributed by atoms with Gasteiger partial charge in [0.25, 0.3) is 0 Å². The molecule has 3 rings (SSSR count). The average Bonchev–Trinajstić information content (AvgIpc) is 2.62. The Kier molecular flexibility index (Phi) is 3.65. The van der Waals surface area contributed by atoms with Gasteiger partial charge >= 0.3 is 0 Å². The summed E-state index contributed by atoms with van der Waals surface area (Å²) in [5.41, 5.74) is 0. The van der Waals surface area contributed by atoms with Gasteiger partial charge in [-0.25, -0.2) is 17.5 Å². The minimum atomic E-state index is -3.56. The second kappa shape index (κ2) is 5.30. The van der Waals surface area contributed by atoms with Crippen molar-refractivity contribution in [1.82, 2.24) is 4.72 Å². The lowest BCUT2D eigenvalue weighted by Gasteiger charge is -2.23. The molecule has 108 valence electrons. The molecule has 0 amide bonds. The molecule has 1 saturated carbocycles. The lowest BCUT2D eigenvalue weighted by atomic mass is 9.97. The molecule has 5 heteroatoms. The molecule has 0 radical (unpaired) electrons. The Bertz CT molecular complexity index is 593. The predicted molar refractivity (Wildman–Crippen MR) is 75.1 cm³/mol. The second-order valence-corrected chi connectivity index (χ2v) is 7.36. The highest BCUT2D eigenvalue weighted by atomic mass is 32.2. The third-order valence-electron chi connectivity index (χ3n) is 4.38. The first kappa shape index (κ1) is 13.8. The number of fused-ring (bicyclic) bond motifs is 2. The van der Waals surface area contributed by atoms with Crippen molar-refractivity contribution >= 4 is 10.0 Å². The molecule has 0 spiro atoms. The third-order valence-corrected chi connectivity index (χ3v) is 5.86. The molecule has 0 aliphatic heterocycles. The summed E-state index contributed by atoms with van der Waals surface area (Å²) in [4.78, 5) is 0.135. The summed E-state index contributed by atoms with van der Waals surface area (Å²) in [5.74, 6) is 0.339. The zero-order chi connectivity index (χ0) is 14.2. The van der Waals surface area contributed by atoms with E-state index in [1.165, 1.54) is 24.3 Å². The smallest absolute Gasteiger partial charge is 0.207 e. The van der Waals surface area contributed by atoms with E-state index in [0.29, 0.717) is 11.8 Å². The van der Waals surface area contributed by atoms with Crippen molar-refractivity contribution in [2.75, 3.05) is 0 Å². The number of rotatable bonds is 3. The van der Waals surface area contributed by atoms with E-state index in [1.54, 1.807) is 0 Å². The fourth-order valence-corrected chi connectivity index (χ4v) is 4.67. The molecule has 1 N–H and O–H groups in total. The largest absolute Gasteiger partial charge is 0.240 e. The highest BCUT2D eigenvalue weighted by Crippen LogP contribution is 2.39. The highest BCUT2D eigenvalue weighted by Gasteiger charge is 2.38. The van der Waals surface area contributed by atoms with E-state index in [0.717, 1.165) is 25.7 Å². The van der Waals surface area contributed by atoms with E-state index in [9.17, 15) is 12.8 Å². The number of hydrogen-bond donors (Lipinski definition) is 1. The number of sulfonamides is 1. The van der Waals surface area contributed by atoms with Crippen LogP contribution in [0, 0.1) is 17.7 Å². The Morgan fingerprint density at radius 3 is 2.10 bits per heavy atom. The van der Waals surface area contributed by atoms with E-state index >= 15 is 0 Å². The van der Waals surface area contributed by atoms with Gasteiger partial charge in [-0.1, -0.05) is 12.2 Å². The van der Waals surface area contributed by atoms with Gasteiger partial charge in [0.1, 0.15) is 5.82 Å². The second-order valence-electron chi connectivity index (χ2n) is 5.64. The molecular weight excluding hydrogens is 277 g/mol.